The van der Waals surface area contributed by atoms with Crippen LogP contribution in [-0.4, -0.2) is 37.2 Å². The summed E-state index contributed by atoms with van der Waals surface area (Å²) < 4.78 is 13.6. The maximum absolute atomic E-state index is 13.6. The molecule has 4 rings (SSSR count). The zero-order valence-electron chi connectivity index (χ0n) is 16.1. The number of piperidine rings is 2. The second-order valence-electron chi connectivity index (χ2n) is 7.98. The van der Waals surface area contributed by atoms with Crippen LogP contribution in [0.3, 0.4) is 0 Å². The number of hydrogen-bond acceptors (Lipinski definition) is 4. The van der Waals surface area contributed by atoms with Gasteiger partial charge in [0.1, 0.15) is 11.6 Å². The molecule has 0 unspecified atom stereocenters. The third-order valence-electron chi connectivity index (χ3n) is 5.84. The number of anilines is 3. The predicted octanol–water partition coefficient (Wildman–Crippen LogP) is 4.54. The first-order chi connectivity index (χ1) is 13.2. The summed E-state index contributed by atoms with van der Waals surface area (Å²) in [6, 6.07) is 11.5. The van der Waals surface area contributed by atoms with Gasteiger partial charge in [-0.15, -0.1) is 0 Å². The van der Waals surface area contributed by atoms with Crippen molar-refractivity contribution in [2.75, 3.05) is 41.3 Å². The van der Waals surface area contributed by atoms with Gasteiger partial charge in [0, 0.05) is 55.9 Å². The number of benzene rings is 1. The van der Waals surface area contributed by atoms with Crippen LogP contribution in [0.25, 0.3) is 0 Å². The SMILES string of the molecule is CC1CCN(c2ccnc(N[C@@H]3CCCN(c4cccc(F)c4)C3)c2)CC1. The first-order valence-corrected chi connectivity index (χ1v) is 10.2. The average molecular weight is 369 g/mol. The molecular formula is C22H29FN4. The molecular weight excluding hydrogens is 339 g/mol. The molecule has 0 amide bonds. The highest BCUT2D eigenvalue weighted by atomic mass is 19.1. The molecule has 1 atom stereocenters. The molecule has 0 saturated carbocycles. The van der Waals surface area contributed by atoms with E-state index in [1.54, 1.807) is 12.1 Å². The van der Waals surface area contributed by atoms with Crippen molar-refractivity contribution in [2.45, 2.75) is 38.6 Å². The van der Waals surface area contributed by atoms with Gasteiger partial charge in [0.25, 0.3) is 0 Å². The van der Waals surface area contributed by atoms with Crippen molar-refractivity contribution in [3.63, 3.8) is 0 Å². The number of nitrogens with zero attached hydrogens (tertiary/aromatic N) is 3. The molecule has 5 heteroatoms. The molecule has 2 saturated heterocycles. The van der Waals surface area contributed by atoms with Crippen LogP contribution in [0.2, 0.25) is 0 Å². The Morgan fingerprint density at radius 3 is 2.63 bits per heavy atom. The molecule has 2 aromatic rings. The monoisotopic (exact) mass is 368 g/mol. The van der Waals surface area contributed by atoms with E-state index < -0.39 is 0 Å². The van der Waals surface area contributed by atoms with Gasteiger partial charge in [0.2, 0.25) is 0 Å². The summed E-state index contributed by atoms with van der Waals surface area (Å²) >= 11 is 0. The number of hydrogen-bond donors (Lipinski definition) is 1. The molecule has 4 nitrogen and oxygen atoms in total. The van der Waals surface area contributed by atoms with E-state index in [1.807, 2.05) is 12.3 Å². The van der Waals surface area contributed by atoms with E-state index in [1.165, 1.54) is 24.6 Å². The second-order valence-corrected chi connectivity index (χ2v) is 7.98. The van der Waals surface area contributed by atoms with Crippen LogP contribution in [0.5, 0.6) is 0 Å². The molecule has 0 radical (unpaired) electrons. The van der Waals surface area contributed by atoms with Crippen molar-refractivity contribution in [1.29, 1.82) is 0 Å². The number of pyridine rings is 1. The van der Waals surface area contributed by atoms with Gasteiger partial charge in [-0.3, -0.25) is 0 Å². The van der Waals surface area contributed by atoms with Crippen LogP contribution in [0.15, 0.2) is 42.6 Å². The summed E-state index contributed by atoms with van der Waals surface area (Å²) in [5, 5.41) is 3.61. The fourth-order valence-corrected chi connectivity index (χ4v) is 4.17. The molecule has 3 heterocycles. The molecule has 2 aliphatic heterocycles. The Morgan fingerprint density at radius 2 is 1.81 bits per heavy atom. The van der Waals surface area contributed by atoms with Crippen LogP contribution in [0, 0.1) is 11.7 Å². The molecule has 0 spiro atoms. The first kappa shape index (κ1) is 18.1. The normalized spacial score (nSPS) is 21.3. The minimum absolute atomic E-state index is 0.173. The third-order valence-corrected chi connectivity index (χ3v) is 5.84. The van der Waals surface area contributed by atoms with Gasteiger partial charge in [-0.2, -0.15) is 0 Å². The van der Waals surface area contributed by atoms with E-state index in [-0.39, 0.29) is 5.82 Å². The largest absolute Gasteiger partial charge is 0.371 e. The van der Waals surface area contributed by atoms with Gasteiger partial charge in [0.15, 0.2) is 0 Å². The second kappa shape index (κ2) is 8.15. The minimum atomic E-state index is -0.173. The van der Waals surface area contributed by atoms with Gasteiger partial charge >= 0.3 is 0 Å². The van der Waals surface area contributed by atoms with E-state index in [2.05, 4.69) is 39.2 Å². The van der Waals surface area contributed by atoms with Crippen LogP contribution < -0.4 is 15.1 Å². The number of halogens is 1. The highest BCUT2D eigenvalue weighted by molar-refractivity contribution is 5.55. The summed E-state index contributed by atoms with van der Waals surface area (Å²) in [4.78, 5) is 9.27. The van der Waals surface area contributed by atoms with Crippen molar-refractivity contribution in [3.8, 4) is 0 Å². The van der Waals surface area contributed by atoms with E-state index >= 15 is 0 Å². The maximum Gasteiger partial charge on any atom is 0.128 e. The van der Waals surface area contributed by atoms with Gasteiger partial charge in [0.05, 0.1) is 0 Å². The van der Waals surface area contributed by atoms with Crippen molar-refractivity contribution in [2.24, 2.45) is 5.92 Å². The Labute approximate surface area is 161 Å². The Kier molecular flexibility index (Phi) is 5.46. The van der Waals surface area contributed by atoms with Crippen LogP contribution >= 0.6 is 0 Å². The molecule has 144 valence electrons. The molecule has 2 fully saturated rings. The molecule has 0 bridgehead atoms. The van der Waals surface area contributed by atoms with Crippen molar-refractivity contribution in [3.05, 3.63) is 48.4 Å². The Morgan fingerprint density at radius 1 is 1.00 bits per heavy atom. The topological polar surface area (TPSA) is 31.4 Å². The lowest BCUT2D eigenvalue weighted by molar-refractivity contribution is 0.438. The Balaban J connectivity index is 1.40. The van der Waals surface area contributed by atoms with E-state index in [4.69, 9.17) is 0 Å². The highest BCUT2D eigenvalue weighted by Gasteiger charge is 2.21. The average Bonchev–Trinajstić information content (AvgIpc) is 2.69. The quantitative estimate of drug-likeness (QED) is 0.859. The Bertz CT molecular complexity index is 757. The van der Waals surface area contributed by atoms with Crippen molar-refractivity contribution < 1.29 is 4.39 Å². The van der Waals surface area contributed by atoms with Crippen LogP contribution in [0.1, 0.15) is 32.6 Å². The lowest BCUT2D eigenvalue weighted by atomic mass is 9.99. The molecule has 1 aromatic heterocycles. The van der Waals surface area contributed by atoms with Gasteiger partial charge in [-0.25, -0.2) is 9.37 Å². The van der Waals surface area contributed by atoms with Crippen LogP contribution in [0.4, 0.5) is 21.6 Å². The lowest BCUT2D eigenvalue weighted by Crippen LogP contribution is -2.42. The van der Waals surface area contributed by atoms with Gasteiger partial charge in [-0.05, 0) is 55.9 Å². The van der Waals surface area contributed by atoms with Crippen LogP contribution in [-0.2, 0) is 0 Å². The van der Waals surface area contributed by atoms with E-state index in [0.717, 1.165) is 56.4 Å². The zero-order valence-corrected chi connectivity index (χ0v) is 16.1. The zero-order chi connectivity index (χ0) is 18.6. The summed E-state index contributed by atoms with van der Waals surface area (Å²) in [6.07, 6.45) is 6.63. The summed E-state index contributed by atoms with van der Waals surface area (Å²) in [6.45, 7) is 6.44. The van der Waals surface area contributed by atoms with E-state index in [0.29, 0.717) is 6.04 Å². The lowest BCUT2D eigenvalue weighted by Gasteiger charge is -2.35. The van der Waals surface area contributed by atoms with Crippen molar-refractivity contribution in [1.82, 2.24) is 4.98 Å². The minimum Gasteiger partial charge on any atom is -0.371 e. The number of nitrogens with one attached hydrogen (secondary N) is 1. The van der Waals surface area contributed by atoms with Gasteiger partial charge in [-0.1, -0.05) is 13.0 Å². The summed E-state index contributed by atoms with van der Waals surface area (Å²) in [5.41, 5.74) is 2.22. The molecule has 1 N–H and O–H groups in total. The number of rotatable bonds is 4. The molecule has 1 aromatic carbocycles. The fourth-order valence-electron chi connectivity index (χ4n) is 4.17. The Hall–Kier alpha value is -2.30. The summed E-state index contributed by atoms with van der Waals surface area (Å²) in [7, 11) is 0. The smallest absolute Gasteiger partial charge is 0.128 e. The molecule has 27 heavy (non-hydrogen) atoms. The molecule has 0 aliphatic carbocycles. The summed E-state index contributed by atoms with van der Waals surface area (Å²) in [5.74, 6) is 1.60. The predicted molar refractivity (Wildman–Crippen MR) is 110 cm³/mol. The first-order valence-electron chi connectivity index (χ1n) is 10.2. The highest BCUT2D eigenvalue weighted by Crippen LogP contribution is 2.26. The molecule has 2 aliphatic rings. The maximum atomic E-state index is 13.6. The van der Waals surface area contributed by atoms with Gasteiger partial charge < -0.3 is 15.1 Å². The third kappa shape index (κ3) is 4.52. The standard InChI is InChI=1S/C22H29FN4/c1-17-8-12-26(13-9-17)21-7-10-24-22(15-21)25-19-5-3-11-27(16-19)20-6-2-4-18(23)14-20/h2,4,6-7,10,14-15,17,19H,3,5,8-9,11-13,16H2,1H3,(H,24,25)/t19-/m1/s1. The van der Waals surface area contributed by atoms with E-state index in [9.17, 15) is 4.39 Å². The fraction of sp³-hybridized carbons (Fsp3) is 0.500. The number of aromatic nitrogens is 1. The van der Waals surface area contributed by atoms with Crippen molar-refractivity contribution >= 4 is 17.2 Å².